The summed E-state index contributed by atoms with van der Waals surface area (Å²) in [6.45, 7) is 13.5. The molecule has 1 rings (SSSR count). The third-order valence-corrected chi connectivity index (χ3v) is 4.25. The molecule has 0 saturated carbocycles. The van der Waals surface area contributed by atoms with Gasteiger partial charge in [-0.15, -0.1) is 0 Å². The van der Waals surface area contributed by atoms with E-state index in [2.05, 4.69) is 34.4 Å². The van der Waals surface area contributed by atoms with Crippen LogP contribution in [0.4, 0.5) is 0 Å². The average molecular weight is 357 g/mol. The molecule has 0 aromatic carbocycles. The number of guanidine groups is 1. The van der Waals surface area contributed by atoms with Gasteiger partial charge in [-0.05, 0) is 58.7 Å². The van der Waals surface area contributed by atoms with Crippen LogP contribution >= 0.6 is 0 Å². The highest BCUT2D eigenvalue weighted by atomic mass is 16.5. The molecule has 6 heteroatoms. The van der Waals surface area contributed by atoms with E-state index in [0.29, 0.717) is 19.8 Å². The van der Waals surface area contributed by atoms with Gasteiger partial charge in [-0.3, -0.25) is 4.99 Å². The van der Waals surface area contributed by atoms with E-state index in [1.54, 1.807) is 0 Å². The van der Waals surface area contributed by atoms with E-state index < -0.39 is 0 Å². The number of hydrogen-bond donors (Lipinski definition) is 2. The van der Waals surface area contributed by atoms with Crippen LogP contribution < -0.4 is 10.6 Å². The SMILES string of the molecule is CCCCOCCOCCNC(=NCCCCN1CCCC1)NCC. The minimum Gasteiger partial charge on any atom is -0.379 e. The maximum Gasteiger partial charge on any atom is 0.191 e. The lowest BCUT2D eigenvalue weighted by Gasteiger charge is -2.14. The first kappa shape index (κ1) is 22.2. The summed E-state index contributed by atoms with van der Waals surface area (Å²) in [6, 6.07) is 0. The first-order valence-corrected chi connectivity index (χ1v) is 10.3. The maximum absolute atomic E-state index is 5.57. The molecule has 0 unspecified atom stereocenters. The molecule has 1 heterocycles. The van der Waals surface area contributed by atoms with Crippen molar-refractivity contribution >= 4 is 5.96 Å². The number of ether oxygens (including phenoxy) is 2. The van der Waals surface area contributed by atoms with E-state index in [-0.39, 0.29) is 0 Å². The molecule has 0 aromatic heterocycles. The Morgan fingerprint density at radius 1 is 0.920 bits per heavy atom. The van der Waals surface area contributed by atoms with E-state index in [1.165, 1.54) is 45.3 Å². The predicted molar refractivity (Wildman–Crippen MR) is 105 cm³/mol. The molecule has 6 nitrogen and oxygen atoms in total. The van der Waals surface area contributed by atoms with Gasteiger partial charge in [-0.2, -0.15) is 0 Å². The first-order chi connectivity index (χ1) is 12.4. The Kier molecular flexibility index (Phi) is 14.7. The fraction of sp³-hybridized carbons (Fsp3) is 0.947. The molecule has 1 saturated heterocycles. The molecule has 0 spiro atoms. The van der Waals surface area contributed by atoms with Crippen molar-refractivity contribution in [2.24, 2.45) is 4.99 Å². The molecule has 25 heavy (non-hydrogen) atoms. The zero-order valence-electron chi connectivity index (χ0n) is 16.5. The Morgan fingerprint density at radius 2 is 1.68 bits per heavy atom. The summed E-state index contributed by atoms with van der Waals surface area (Å²) < 4.78 is 11.0. The summed E-state index contributed by atoms with van der Waals surface area (Å²) in [7, 11) is 0. The van der Waals surface area contributed by atoms with Crippen molar-refractivity contribution in [1.82, 2.24) is 15.5 Å². The van der Waals surface area contributed by atoms with Crippen LogP contribution in [0.5, 0.6) is 0 Å². The molecule has 2 N–H and O–H groups in total. The van der Waals surface area contributed by atoms with Gasteiger partial charge in [-0.1, -0.05) is 13.3 Å². The second-order valence-electron chi connectivity index (χ2n) is 6.52. The Morgan fingerprint density at radius 3 is 2.40 bits per heavy atom. The summed E-state index contributed by atoms with van der Waals surface area (Å²) in [5, 5.41) is 6.61. The first-order valence-electron chi connectivity index (χ1n) is 10.3. The van der Waals surface area contributed by atoms with Crippen LogP contribution in [0.2, 0.25) is 0 Å². The van der Waals surface area contributed by atoms with E-state index in [9.17, 15) is 0 Å². The van der Waals surface area contributed by atoms with Gasteiger partial charge in [0.15, 0.2) is 5.96 Å². The Bertz CT molecular complexity index is 321. The smallest absolute Gasteiger partial charge is 0.191 e. The Hall–Kier alpha value is -0.850. The summed E-state index contributed by atoms with van der Waals surface area (Å²) in [5.41, 5.74) is 0. The fourth-order valence-electron chi connectivity index (χ4n) is 2.80. The van der Waals surface area contributed by atoms with Gasteiger partial charge >= 0.3 is 0 Å². The molecule has 0 bridgehead atoms. The van der Waals surface area contributed by atoms with Crippen molar-refractivity contribution in [3.63, 3.8) is 0 Å². The van der Waals surface area contributed by atoms with Crippen LogP contribution in [0.15, 0.2) is 4.99 Å². The number of unbranched alkanes of at least 4 members (excludes halogenated alkanes) is 2. The fourth-order valence-corrected chi connectivity index (χ4v) is 2.80. The highest BCUT2D eigenvalue weighted by Gasteiger charge is 2.09. The average Bonchev–Trinajstić information content (AvgIpc) is 3.13. The summed E-state index contributed by atoms with van der Waals surface area (Å²) >= 11 is 0. The number of rotatable bonds is 15. The number of hydrogen-bond acceptors (Lipinski definition) is 4. The molecule has 1 fully saturated rings. The lowest BCUT2D eigenvalue weighted by molar-refractivity contribution is 0.0487. The molecular formula is C19H40N4O2. The Balaban J connectivity index is 1.98. The van der Waals surface area contributed by atoms with Gasteiger partial charge in [0.2, 0.25) is 0 Å². The second-order valence-corrected chi connectivity index (χ2v) is 6.52. The molecule has 0 atom stereocenters. The summed E-state index contributed by atoms with van der Waals surface area (Å²) in [6.07, 6.45) is 7.44. The quantitative estimate of drug-likeness (QED) is 0.268. The van der Waals surface area contributed by atoms with Crippen molar-refractivity contribution in [1.29, 1.82) is 0 Å². The topological polar surface area (TPSA) is 58.1 Å². The van der Waals surface area contributed by atoms with Crippen molar-refractivity contribution in [2.75, 3.05) is 65.7 Å². The molecule has 0 aromatic rings. The van der Waals surface area contributed by atoms with Gasteiger partial charge in [0, 0.05) is 26.2 Å². The highest BCUT2D eigenvalue weighted by molar-refractivity contribution is 5.79. The number of nitrogens with zero attached hydrogens (tertiary/aromatic N) is 2. The maximum atomic E-state index is 5.57. The largest absolute Gasteiger partial charge is 0.379 e. The predicted octanol–water partition coefficient (Wildman–Crippen LogP) is 2.25. The third-order valence-electron chi connectivity index (χ3n) is 4.25. The zero-order chi connectivity index (χ0) is 18.0. The van der Waals surface area contributed by atoms with Crippen LogP contribution in [0.25, 0.3) is 0 Å². The minimum absolute atomic E-state index is 0.662. The summed E-state index contributed by atoms with van der Waals surface area (Å²) in [5.74, 6) is 0.895. The monoisotopic (exact) mass is 356 g/mol. The van der Waals surface area contributed by atoms with Gasteiger partial charge in [-0.25, -0.2) is 0 Å². The van der Waals surface area contributed by atoms with E-state index in [0.717, 1.165) is 45.0 Å². The number of likely N-dealkylation sites (tertiary alicyclic amines) is 1. The minimum atomic E-state index is 0.662. The van der Waals surface area contributed by atoms with Crippen molar-refractivity contribution in [3.8, 4) is 0 Å². The lowest BCUT2D eigenvalue weighted by atomic mass is 10.3. The number of aliphatic imine (C=N–C) groups is 1. The molecule has 0 amide bonds. The van der Waals surface area contributed by atoms with Crippen LogP contribution in [0.3, 0.4) is 0 Å². The lowest BCUT2D eigenvalue weighted by Crippen LogP contribution is -2.39. The molecule has 0 aliphatic carbocycles. The Labute approximate surface area is 154 Å². The van der Waals surface area contributed by atoms with Crippen molar-refractivity contribution in [3.05, 3.63) is 0 Å². The normalized spacial score (nSPS) is 15.7. The zero-order valence-corrected chi connectivity index (χ0v) is 16.5. The van der Waals surface area contributed by atoms with E-state index in [4.69, 9.17) is 9.47 Å². The van der Waals surface area contributed by atoms with Crippen LogP contribution in [0, 0.1) is 0 Å². The highest BCUT2D eigenvalue weighted by Crippen LogP contribution is 2.08. The molecular weight excluding hydrogens is 316 g/mol. The summed E-state index contributed by atoms with van der Waals surface area (Å²) in [4.78, 5) is 7.21. The molecule has 1 aliphatic rings. The number of nitrogens with one attached hydrogen (secondary N) is 2. The van der Waals surface area contributed by atoms with Gasteiger partial charge < -0.3 is 25.0 Å². The van der Waals surface area contributed by atoms with E-state index in [1.807, 2.05) is 0 Å². The molecule has 1 aliphatic heterocycles. The van der Waals surface area contributed by atoms with Crippen LogP contribution in [-0.2, 0) is 9.47 Å². The van der Waals surface area contributed by atoms with Gasteiger partial charge in [0.05, 0.1) is 19.8 Å². The molecule has 0 radical (unpaired) electrons. The van der Waals surface area contributed by atoms with Crippen LogP contribution in [-0.4, -0.2) is 76.6 Å². The van der Waals surface area contributed by atoms with Gasteiger partial charge in [0.25, 0.3) is 0 Å². The van der Waals surface area contributed by atoms with E-state index >= 15 is 0 Å². The third kappa shape index (κ3) is 13.1. The van der Waals surface area contributed by atoms with Crippen LogP contribution in [0.1, 0.15) is 52.4 Å². The van der Waals surface area contributed by atoms with Gasteiger partial charge in [0.1, 0.15) is 0 Å². The standard InChI is InChI=1S/C19H40N4O2/c1-3-5-15-24-17-18-25-16-11-22-19(20-4-2)21-10-6-7-12-23-13-8-9-14-23/h3-18H2,1-2H3,(H2,20,21,22). The van der Waals surface area contributed by atoms with Crippen molar-refractivity contribution < 1.29 is 9.47 Å². The molecule has 148 valence electrons. The second kappa shape index (κ2) is 16.6. The van der Waals surface area contributed by atoms with Crippen molar-refractivity contribution in [2.45, 2.75) is 52.4 Å².